The Bertz CT molecular complexity index is 1140. The summed E-state index contributed by atoms with van der Waals surface area (Å²) in [5.41, 5.74) is 0.820. The smallest absolute Gasteiger partial charge is 0.472 e. The number of aliphatic carboxylic acids is 5. The van der Waals surface area contributed by atoms with E-state index in [2.05, 4.69) is 6.30 Å². The summed E-state index contributed by atoms with van der Waals surface area (Å²) in [5, 5.41) is 46.2. The second-order valence-electron chi connectivity index (χ2n) is 9.47. The van der Waals surface area contributed by atoms with Gasteiger partial charge < -0.3 is 30.4 Å². The van der Waals surface area contributed by atoms with Gasteiger partial charge in [-0.2, -0.15) is 0 Å². The van der Waals surface area contributed by atoms with Crippen LogP contribution >= 0.6 is 16.0 Å². The van der Waals surface area contributed by atoms with Crippen molar-refractivity contribution in [3.8, 4) is 0 Å². The largest absolute Gasteiger partial charge is 0.480 e. The highest BCUT2D eigenvalue weighted by atomic mass is 31.2. The molecule has 0 spiro atoms. The maximum atomic E-state index is 12.7. The number of hydrogen-bond donors (Lipinski definition) is 6. The Balaban J connectivity index is 3.09. The summed E-state index contributed by atoms with van der Waals surface area (Å²) in [5.74, 6) is -6.92. The predicted octanol–water partition coefficient (Wildman–Crippen LogP) is 0.327. The fourth-order valence-electron chi connectivity index (χ4n) is 4.07. The maximum Gasteiger partial charge on any atom is 0.472 e. The quantitative estimate of drug-likeness (QED) is 0.0769. The number of phosphoric ester groups is 1. The molecule has 1 aromatic carbocycles. The van der Waals surface area contributed by atoms with Crippen molar-refractivity contribution in [1.29, 1.82) is 0 Å². The third kappa shape index (κ3) is 17.1. The van der Waals surface area contributed by atoms with Crippen LogP contribution in [-0.2, 0) is 37.6 Å². The number of carboxylic acids is 5. The van der Waals surface area contributed by atoms with Crippen LogP contribution in [0, 0.1) is 0 Å². The zero-order valence-electron chi connectivity index (χ0n) is 23.7. The average Bonchev–Trinajstić information content (AvgIpc) is 2.90. The standard InChI is InChI=1S/C25H37N3O14P2/c1-43-20(18-5-3-2-4-6-18)7-10-41-44(39,40)42-17-19(28(15-24(35)36)16-25(37)38)11-26(12-21(29)30)8-9-27(13-22(31)32)14-23(33)34/h2-6,19-20H,1,7-17H2,(H,29,30)(H,31,32)(H,33,34)(H,35,36)(H,37,38)(H,39,40). The van der Waals surface area contributed by atoms with E-state index in [1.165, 1.54) is 4.90 Å². The molecule has 0 saturated carbocycles. The second-order valence-corrected chi connectivity index (χ2v) is 11.9. The van der Waals surface area contributed by atoms with E-state index in [-0.39, 0.29) is 25.4 Å². The molecule has 44 heavy (non-hydrogen) atoms. The number of carboxylic acid groups (broad SMARTS) is 5. The van der Waals surface area contributed by atoms with Crippen molar-refractivity contribution in [2.75, 3.05) is 65.6 Å². The van der Waals surface area contributed by atoms with Gasteiger partial charge in [-0.25, -0.2) is 4.57 Å². The Hall–Kier alpha value is -3.27. The highest BCUT2D eigenvalue weighted by Gasteiger charge is 2.31. The summed E-state index contributed by atoms with van der Waals surface area (Å²) in [6, 6.07) is 7.95. The summed E-state index contributed by atoms with van der Waals surface area (Å²) in [6.07, 6.45) is 4.15. The average molecular weight is 666 g/mol. The van der Waals surface area contributed by atoms with Crippen LogP contribution in [0.2, 0.25) is 0 Å². The van der Waals surface area contributed by atoms with Gasteiger partial charge in [-0.15, -0.1) is 8.20 Å². The molecule has 0 fully saturated rings. The van der Waals surface area contributed by atoms with Crippen LogP contribution in [0.15, 0.2) is 30.3 Å². The first-order chi connectivity index (χ1) is 20.6. The van der Waals surface area contributed by atoms with E-state index < -0.39 is 89.6 Å². The molecule has 0 radical (unpaired) electrons. The Labute approximate surface area is 254 Å². The molecular formula is C25H37N3O14P2. The molecular weight excluding hydrogens is 628 g/mol. The molecule has 0 aromatic heterocycles. The fraction of sp³-hybridized carbons (Fsp3) is 0.520. The fourth-order valence-corrected chi connectivity index (χ4v) is 5.52. The second kappa shape index (κ2) is 19.9. The Morgan fingerprint density at radius 2 is 1.25 bits per heavy atom. The number of benzene rings is 1. The third-order valence-electron chi connectivity index (χ3n) is 5.95. The predicted molar refractivity (Wildman–Crippen MR) is 156 cm³/mol. The SMILES string of the molecule is C=PC(CCOP(=O)(O)OCC(CN(CCN(CC(=O)O)CC(=O)O)CC(=O)O)N(CC(=O)O)CC(=O)O)c1ccccc1. The highest BCUT2D eigenvalue weighted by molar-refractivity contribution is 7.47. The lowest BCUT2D eigenvalue weighted by Crippen LogP contribution is -2.52. The van der Waals surface area contributed by atoms with Gasteiger partial charge in [0.1, 0.15) is 0 Å². The van der Waals surface area contributed by atoms with Crippen molar-refractivity contribution < 1.29 is 68.0 Å². The highest BCUT2D eigenvalue weighted by Crippen LogP contribution is 2.44. The first-order valence-electron chi connectivity index (χ1n) is 13.0. The van der Waals surface area contributed by atoms with E-state index >= 15 is 0 Å². The minimum absolute atomic E-state index is 0.114. The molecule has 0 aliphatic heterocycles. The van der Waals surface area contributed by atoms with Gasteiger partial charge >= 0.3 is 37.7 Å². The molecule has 246 valence electrons. The third-order valence-corrected chi connectivity index (χ3v) is 7.93. The Morgan fingerprint density at radius 1 is 0.773 bits per heavy atom. The molecule has 0 heterocycles. The molecule has 6 N–H and O–H groups in total. The van der Waals surface area contributed by atoms with Gasteiger partial charge in [-0.05, 0) is 12.0 Å². The molecule has 0 amide bonds. The number of carbonyl (C=O) groups is 5. The molecule has 0 aliphatic rings. The summed E-state index contributed by atoms with van der Waals surface area (Å²) in [6.45, 7) is -5.64. The molecule has 0 bridgehead atoms. The van der Waals surface area contributed by atoms with Gasteiger partial charge in [0.25, 0.3) is 0 Å². The summed E-state index contributed by atoms with van der Waals surface area (Å²) >= 11 is 0. The van der Waals surface area contributed by atoms with Gasteiger partial charge in [-0.3, -0.25) is 47.7 Å². The maximum absolute atomic E-state index is 12.7. The first-order valence-corrected chi connectivity index (χ1v) is 15.7. The van der Waals surface area contributed by atoms with Gasteiger partial charge in [0.15, 0.2) is 0 Å². The Morgan fingerprint density at radius 3 is 1.73 bits per heavy atom. The van der Waals surface area contributed by atoms with Crippen LogP contribution < -0.4 is 0 Å². The minimum Gasteiger partial charge on any atom is -0.480 e. The van der Waals surface area contributed by atoms with Gasteiger partial charge in [0.2, 0.25) is 0 Å². The van der Waals surface area contributed by atoms with Crippen LogP contribution in [0.3, 0.4) is 0 Å². The van der Waals surface area contributed by atoms with Crippen LogP contribution in [0.5, 0.6) is 0 Å². The number of rotatable bonds is 25. The number of nitrogens with zero attached hydrogens (tertiary/aromatic N) is 3. The van der Waals surface area contributed by atoms with Gasteiger partial charge in [0, 0.05) is 31.3 Å². The van der Waals surface area contributed by atoms with Crippen molar-refractivity contribution >= 4 is 52.2 Å². The van der Waals surface area contributed by atoms with E-state index in [1.54, 1.807) is 0 Å². The van der Waals surface area contributed by atoms with E-state index in [0.29, 0.717) is 6.42 Å². The molecule has 3 atom stereocenters. The molecule has 3 unspecified atom stereocenters. The lowest BCUT2D eigenvalue weighted by Gasteiger charge is -2.34. The molecule has 19 heteroatoms. The molecule has 17 nitrogen and oxygen atoms in total. The van der Waals surface area contributed by atoms with Crippen LogP contribution in [0.1, 0.15) is 17.6 Å². The molecule has 1 rings (SSSR count). The number of hydrogen-bond acceptors (Lipinski definition) is 11. The summed E-state index contributed by atoms with van der Waals surface area (Å²) < 4.78 is 22.9. The summed E-state index contributed by atoms with van der Waals surface area (Å²) in [4.78, 5) is 70.2. The molecule has 1 aromatic rings. The lowest BCUT2D eigenvalue weighted by atomic mass is 10.1. The van der Waals surface area contributed by atoms with E-state index in [4.69, 9.17) is 19.3 Å². The zero-order valence-corrected chi connectivity index (χ0v) is 25.5. The number of phosphoric acid groups is 1. The first kappa shape index (κ1) is 38.8. The van der Waals surface area contributed by atoms with Crippen LogP contribution in [0.4, 0.5) is 0 Å². The minimum atomic E-state index is -4.77. The monoisotopic (exact) mass is 665 g/mol. The topological polar surface area (TPSA) is 252 Å². The van der Waals surface area contributed by atoms with Crippen LogP contribution in [0.25, 0.3) is 0 Å². The van der Waals surface area contributed by atoms with E-state index in [1.807, 2.05) is 30.3 Å². The molecule has 0 aliphatic carbocycles. The van der Waals surface area contributed by atoms with Gasteiger partial charge in [-0.1, -0.05) is 36.6 Å². The van der Waals surface area contributed by atoms with Crippen molar-refractivity contribution in [3.05, 3.63) is 35.9 Å². The molecule has 0 saturated heterocycles. The Kier molecular flexibility index (Phi) is 17.5. The summed E-state index contributed by atoms with van der Waals surface area (Å²) in [7, 11) is -4.03. The zero-order chi connectivity index (χ0) is 33.3. The van der Waals surface area contributed by atoms with Gasteiger partial charge in [0.05, 0.1) is 45.9 Å². The lowest BCUT2D eigenvalue weighted by molar-refractivity contribution is -0.145. The van der Waals surface area contributed by atoms with Crippen LogP contribution in [-0.4, -0.2) is 153 Å². The van der Waals surface area contributed by atoms with E-state index in [9.17, 15) is 48.8 Å². The van der Waals surface area contributed by atoms with Crippen molar-refractivity contribution in [1.82, 2.24) is 14.7 Å². The van der Waals surface area contributed by atoms with Crippen molar-refractivity contribution in [3.63, 3.8) is 0 Å². The normalized spacial score (nSPS) is 14.4. The van der Waals surface area contributed by atoms with Crippen molar-refractivity contribution in [2.24, 2.45) is 0 Å². The van der Waals surface area contributed by atoms with E-state index in [0.717, 1.165) is 23.6 Å². The van der Waals surface area contributed by atoms with Crippen molar-refractivity contribution in [2.45, 2.75) is 18.1 Å².